The fourth-order valence-electron chi connectivity index (χ4n) is 3.16. The van der Waals surface area contributed by atoms with Crippen LogP contribution in [-0.2, 0) is 23.9 Å². The van der Waals surface area contributed by atoms with Gasteiger partial charge in [-0.15, -0.1) is 0 Å². The summed E-state index contributed by atoms with van der Waals surface area (Å²) in [4.78, 5) is 47.1. The van der Waals surface area contributed by atoms with Crippen molar-refractivity contribution in [3.05, 3.63) is 76.8 Å². The first-order chi connectivity index (χ1) is 18.2. The predicted molar refractivity (Wildman–Crippen MR) is 146 cm³/mol. The molecule has 0 unspecified atom stereocenters. The summed E-state index contributed by atoms with van der Waals surface area (Å²) in [6, 6.07) is 18.1. The van der Waals surface area contributed by atoms with Crippen LogP contribution in [0.2, 0.25) is 10.0 Å². The number of rotatable bonds is 11. The Morgan fingerprint density at radius 3 is 1.92 bits per heavy atom. The van der Waals surface area contributed by atoms with Gasteiger partial charge < -0.3 is 25.4 Å². The molecule has 0 saturated heterocycles. The summed E-state index contributed by atoms with van der Waals surface area (Å²) in [5.41, 5.74) is 1.65. The van der Waals surface area contributed by atoms with E-state index in [0.717, 1.165) is 0 Å². The number of benzene rings is 3. The van der Waals surface area contributed by atoms with Gasteiger partial charge in [-0.2, -0.15) is 0 Å². The molecule has 0 spiro atoms. The molecule has 0 fully saturated rings. The van der Waals surface area contributed by atoms with Gasteiger partial charge in [-0.3, -0.25) is 19.2 Å². The van der Waals surface area contributed by atoms with Crippen molar-refractivity contribution in [3.8, 4) is 11.5 Å². The molecule has 9 nitrogen and oxygen atoms in total. The lowest BCUT2D eigenvalue weighted by molar-refractivity contribution is -0.147. The number of ether oxygens (including phenoxy) is 2. The molecule has 11 heteroatoms. The minimum atomic E-state index is -0.587. The molecule has 3 amide bonds. The SMILES string of the molecule is CC(=O)Nc1ccc(NC(=O)COC(=O)CCCC(=O)Nc2ccc(Oc3ccc(Cl)cc3Cl)cc2)cc1. The molecule has 0 aromatic heterocycles. The molecule has 0 radical (unpaired) electrons. The van der Waals surface area contributed by atoms with Gasteiger partial charge in [0.15, 0.2) is 6.61 Å². The third-order valence-electron chi connectivity index (χ3n) is 4.90. The number of nitrogens with one attached hydrogen (secondary N) is 3. The number of esters is 1. The van der Waals surface area contributed by atoms with Crippen molar-refractivity contribution in [2.24, 2.45) is 0 Å². The van der Waals surface area contributed by atoms with E-state index in [0.29, 0.717) is 38.6 Å². The second-order valence-electron chi connectivity index (χ2n) is 8.07. The molecule has 38 heavy (non-hydrogen) atoms. The lowest BCUT2D eigenvalue weighted by Crippen LogP contribution is -2.21. The number of carbonyl (C=O) groups excluding carboxylic acids is 4. The Morgan fingerprint density at radius 2 is 1.32 bits per heavy atom. The number of carbonyl (C=O) groups is 4. The van der Waals surface area contributed by atoms with Crippen LogP contribution in [0.1, 0.15) is 26.2 Å². The van der Waals surface area contributed by atoms with Gasteiger partial charge in [-0.1, -0.05) is 23.2 Å². The van der Waals surface area contributed by atoms with Crippen molar-refractivity contribution >= 4 is 64.0 Å². The van der Waals surface area contributed by atoms with Gasteiger partial charge in [0.25, 0.3) is 5.91 Å². The third kappa shape index (κ3) is 9.76. The van der Waals surface area contributed by atoms with Crippen molar-refractivity contribution in [2.45, 2.75) is 26.2 Å². The van der Waals surface area contributed by atoms with E-state index < -0.39 is 18.5 Å². The Balaban J connectivity index is 1.32. The van der Waals surface area contributed by atoms with Gasteiger partial charge >= 0.3 is 5.97 Å². The van der Waals surface area contributed by atoms with Crippen molar-refractivity contribution in [1.29, 1.82) is 0 Å². The molecule has 0 atom stereocenters. The number of halogens is 2. The molecule has 3 rings (SSSR count). The van der Waals surface area contributed by atoms with E-state index in [-0.39, 0.29) is 31.1 Å². The molecule has 3 N–H and O–H groups in total. The summed E-state index contributed by atoms with van der Waals surface area (Å²) in [5, 5.41) is 8.83. The van der Waals surface area contributed by atoms with E-state index in [4.69, 9.17) is 32.7 Å². The van der Waals surface area contributed by atoms with Crippen molar-refractivity contribution < 1.29 is 28.7 Å². The standard InChI is InChI=1S/C27H25Cl2N3O6/c1-17(33)30-19-6-8-20(9-7-19)32-26(35)16-37-27(36)4-2-3-25(34)31-21-10-12-22(13-11-21)38-24-14-5-18(28)15-23(24)29/h5-15H,2-4,16H2,1H3,(H,30,33)(H,31,34)(H,32,35). The van der Waals surface area contributed by atoms with Crippen LogP contribution in [0, 0.1) is 0 Å². The Bertz CT molecular complexity index is 1300. The van der Waals surface area contributed by atoms with E-state index in [1.807, 2.05) is 0 Å². The number of anilines is 3. The molecule has 0 aliphatic heterocycles. The Morgan fingerprint density at radius 1 is 0.737 bits per heavy atom. The first-order valence-corrected chi connectivity index (χ1v) is 12.3. The summed E-state index contributed by atoms with van der Waals surface area (Å²) in [7, 11) is 0. The van der Waals surface area contributed by atoms with Gasteiger partial charge in [0.2, 0.25) is 11.8 Å². The normalized spacial score (nSPS) is 10.3. The molecule has 0 heterocycles. The smallest absolute Gasteiger partial charge is 0.306 e. The molecule has 3 aromatic carbocycles. The molecule has 198 valence electrons. The summed E-state index contributed by atoms with van der Waals surface area (Å²) in [5.74, 6) is -0.582. The molecule has 0 aliphatic carbocycles. The van der Waals surface area contributed by atoms with Gasteiger partial charge in [-0.05, 0) is 73.2 Å². The van der Waals surface area contributed by atoms with Crippen LogP contribution in [0.3, 0.4) is 0 Å². The maximum Gasteiger partial charge on any atom is 0.306 e. The van der Waals surface area contributed by atoms with Crippen molar-refractivity contribution in [2.75, 3.05) is 22.6 Å². The lowest BCUT2D eigenvalue weighted by atomic mass is 10.2. The molecule has 0 aliphatic rings. The highest BCUT2D eigenvalue weighted by molar-refractivity contribution is 6.35. The van der Waals surface area contributed by atoms with E-state index in [2.05, 4.69) is 16.0 Å². The molecule has 0 saturated carbocycles. The van der Waals surface area contributed by atoms with Gasteiger partial charge in [0.1, 0.15) is 11.5 Å². The number of amides is 3. The van der Waals surface area contributed by atoms with Crippen molar-refractivity contribution in [3.63, 3.8) is 0 Å². The molecular weight excluding hydrogens is 533 g/mol. The van der Waals surface area contributed by atoms with Crippen molar-refractivity contribution in [1.82, 2.24) is 0 Å². The Labute approximate surface area is 229 Å². The minimum absolute atomic E-state index is 0.0132. The molecule has 3 aromatic rings. The summed E-state index contributed by atoms with van der Waals surface area (Å²) in [6.45, 7) is 0.945. The second kappa shape index (κ2) is 14.0. The first-order valence-electron chi connectivity index (χ1n) is 11.5. The van der Waals surface area contributed by atoms with E-state index in [1.165, 1.54) is 6.92 Å². The molecular formula is C27H25Cl2N3O6. The summed E-state index contributed by atoms with van der Waals surface area (Å²) in [6.07, 6.45) is 0.342. The Kier molecular flexibility index (Phi) is 10.5. The second-order valence-corrected chi connectivity index (χ2v) is 8.91. The van der Waals surface area contributed by atoms with Gasteiger partial charge in [0.05, 0.1) is 5.02 Å². The summed E-state index contributed by atoms with van der Waals surface area (Å²) < 4.78 is 10.7. The zero-order valence-electron chi connectivity index (χ0n) is 20.4. The van der Waals surface area contributed by atoms with E-state index in [1.54, 1.807) is 66.7 Å². The number of hydrogen-bond donors (Lipinski definition) is 3. The maximum absolute atomic E-state index is 12.2. The van der Waals surface area contributed by atoms with Gasteiger partial charge in [-0.25, -0.2) is 0 Å². The monoisotopic (exact) mass is 557 g/mol. The fraction of sp³-hybridized carbons (Fsp3) is 0.185. The van der Waals surface area contributed by atoms with Crippen LogP contribution < -0.4 is 20.7 Å². The summed E-state index contributed by atoms with van der Waals surface area (Å²) >= 11 is 12.0. The zero-order valence-corrected chi connectivity index (χ0v) is 21.9. The first kappa shape index (κ1) is 28.5. The highest BCUT2D eigenvalue weighted by atomic mass is 35.5. The fourth-order valence-corrected chi connectivity index (χ4v) is 3.61. The van der Waals surface area contributed by atoms with Crippen LogP contribution in [0.4, 0.5) is 17.1 Å². The van der Waals surface area contributed by atoms with Crippen LogP contribution in [-0.4, -0.2) is 30.3 Å². The average molecular weight is 558 g/mol. The maximum atomic E-state index is 12.2. The number of hydrogen-bond acceptors (Lipinski definition) is 6. The van der Waals surface area contributed by atoms with Gasteiger partial charge in [0, 0.05) is 41.9 Å². The minimum Gasteiger partial charge on any atom is -0.456 e. The van der Waals surface area contributed by atoms with E-state index in [9.17, 15) is 19.2 Å². The highest BCUT2D eigenvalue weighted by Crippen LogP contribution is 2.32. The lowest BCUT2D eigenvalue weighted by Gasteiger charge is -2.10. The van der Waals surface area contributed by atoms with Crippen LogP contribution in [0.5, 0.6) is 11.5 Å². The zero-order chi connectivity index (χ0) is 27.5. The largest absolute Gasteiger partial charge is 0.456 e. The van der Waals surface area contributed by atoms with Crippen LogP contribution in [0.25, 0.3) is 0 Å². The van der Waals surface area contributed by atoms with Crippen LogP contribution in [0.15, 0.2) is 66.7 Å². The van der Waals surface area contributed by atoms with Crippen LogP contribution >= 0.6 is 23.2 Å². The highest BCUT2D eigenvalue weighted by Gasteiger charge is 2.11. The topological polar surface area (TPSA) is 123 Å². The molecule has 0 bridgehead atoms. The quantitative estimate of drug-likeness (QED) is 0.247. The third-order valence-corrected chi connectivity index (χ3v) is 5.43. The Hall–Kier alpha value is -4.08. The average Bonchev–Trinajstić information content (AvgIpc) is 2.86. The predicted octanol–water partition coefficient (Wildman–Crippen LogP) is 6.03. The van der Waals surface area contributed by atoms with E-state index >= 15 is 0 Å².